The standard InChI is InChI=1S/C37H55N3O12.C31H46N2O8/c1-2-38(36(44)20-12-6-14-26-50-39(46)47)35(43)19-11-4-3-10-18-31-32(34(42)28-33(31)41)25-24-30(23-22-29-16-8-5-9-17-29)52-37(45)21-13-7-15-27-51-40(48)49;1-2-32(31(38)17-11-6-12-22-41-33(39)40)30(37)16-10-4-3-9-15-26-27(29(36)23-28(26)35)21-20-25(34)19-18-24-13-7-5-8-14-24/h3,5,8-10,16-17,24-25,30-34,41-42H,2,4,6-7,11-15,18-23,26-28H2,1H3;3,5,7-9,13-14,20-21,25-29,34-36H,2,4,6,10-12,15-19,22-23H2,1H3/b10-3-,25-24+;9-3-,21-20+/t30-,31+,32+,33-,34+;25-,26+,27+,28-,29+/m00/s1. The Labute approximate surface area is 546 Å². The van der Waals surface area contributed by atoms with Crippen LogP contribution in [-0.4, -0.2) is 150 Å². The van der Waals surface area contributed by atoms with Crippen LogP contribution in [0, 0.1) is 54.0 Å². The molecule has 4 amide bonds. The molecular weight excluding hydrogens is 1210 g/mol. The van der Waals surface area contributed by atoms with E-state index in [0.717, 1.165) is 17.5 Å². The summed E-state index contributed by atoms with van der Waals surface area (Å²) < 4.78 is 5.80. The predicted molar refractivity (Wildman–Crippen MR) is 345 cm³/mol. The van der Waals surface area contributed by atoms with E-state index in [9.17, 15) is 79.8 Å². The Balaban J connectivity index is 0.000000499. The number of ether oxygens (including phenoxy) is 1. The van der Waals surface area contributed by atoms with Gasteiger partial charge in [-0.1, -0.05) is 122 Å². The first-order chi connectivity index (χ1) is 44.7. The van der Waals surface area contributed by atoms with E-state index in [4.69, 9.17) is 4.74 Å². The third kappa shape index (κ3) is 34.3. The van der Waals surface area contributed by atoms with Gasteiger partial charge in [-0.25, -0.2) is 0 Å². The Morgan fingerprint density at radius 3 is 1.28 bits per heavy atom. The lowest BCUT2D eigenvalue weighted by Gasteiger charge is -2.21. The maximum atomic E-state index is 12.7. The number of amides is 4. The maximum absolute atomic E-state index is 12.7. The van der Waals surface area contributed by atoms with Crippen molar-refractivity contribution in [1.82, 2.24) is 9.80 Å². The zero-order chi connectivity index (χ0) is 68.2. The van der Waals surface area contributed by atoms with Gasteiger partial charge in [0.2, 0.25) is 23.6 Å². The van der Waals surface area contributed by atoms with E-state index in [1.807, 2.05) is 97.1 Å². The molecule has 0 aromatic heterocycles. The summed E-state index contributed by atoms with van der Waals surface area (Å²) in [5, 5.41) is 81.0. The number of nitrogens with zero attached hydrogens (tertiary/aromatic N) is 5. The quantitative estimate of drug-likeness (QED) is 0.0135. The normalized spacial score (nSPS) is 20.1. The van der Waals surface area contributed by atoms with Crippen molar-refractivity contribution in [3.63, 3.8) is 0 Å². The van der Waals surface area contributed by atoms with Gasteiger partial charge in [0.15, 0.2) is 0 Å². The average Bonchev–Trinajstić information content (AvgIpc) is 1.80. The van der Waals surface area contributed by atoms with E-state index in [-0.39, 0.29) is 118 Å². The maximum Gasteiger partial charge on any atom is 0.306 e. The molecule has 518 valence electrons. The van der Waals surface area contributed by atoms with E-state index in [2.05, 4.69) is 14.5 Å². The first-order valence-corrected chi connectivity index (χ1v) is 33.1. The van der Waals surface area contributed by atoms with Crippen LogP contribution < -0.4 is 0 Å². The second-order valence-corrected chi connectivity index (χ2v) is 23.5. The average molecular weight is 1310 g/mol. The lowest BCUT2D eigenvalue weighted by atomic mass is 9.89. The molecule has 2 aliphatic carbocycles. The number of hydrogen-bond donors (Lipinski definition) is 5. The fraction of sp³-hybridized carbons (Fsp3) is 0.632. The Morgan fingerprint density at radius 1 is 0.505 bits per heavy atom. The van der Waals surface area contributed by atoms with Crippen molar-refractivity contribution < 1.29 is 84.0 Å². The fourth-order valence-corrected chi connectivity index (χ4v) is 11.4. The second kappa shape index (κ2) is 47.4. The van der Waals surface area contributed by atoms with Gasteiger partial charge in [0.1, 0.15) is 6.10 Å². The van der Waals surface area contributed by atoms with Crippen LogP contribution >= 0.6 is 0 Å². The molecule has 0 heterocycles. The third-order valence-corrected chi connectivity index (χ3v) is 16.5. The summed E-state index contributed by atoms with van der Waals surface area (Å²) in [4.78, 5) is 109. The van der Waals surface area contributed by atoms with Gasteiger partial charge in [0.05, 0.1) is 50.3 Å². The van der Waals surface area contributed by atoms with Crippen molar-refractivity contribution >= 4 is 29.6 Å². The highest BCUT2D eigenvalue weighted by atomic mass is 17.0. The smallest absolute Gasteiger partial charge is 0.306 e. The molecule has 93 heavy (non-hydrogen) atoms. The molecule has 25 heteroatoms. The first-order valence-electron chi connectivity index (χ1n) is 33.1. The molecular formula is C68H101N5O20. The minimum absolute atomic E-state index is 0.00108. The highest BCUT2D eigenvalue weighted by Crippen LogP contribution is 2.38. The second-order valence-electron chi connectivity index (χ2n) is 23.5. The summed E-state index contributed by atoms with van der Waals surface area (Å²) in [7, 11) is 0. The number of aliphatic hydroxyl groups is 5. The Morgan fingerprint density at radius 2 is 0.882 bits per heavy atom. The lowest BCUT2D eigenvalue weighted by Crippen LogP contribution is -2.36. The van der Waals surface area contributed by atoms with Crippen molar-refractivity contribution in [2.45, 2.75) is 217 Å². The van der Waals surface area contributed by atoms with Crippen LogP contribution in [0.3, 0.4) is 0 Å². The lowest BCUT2D eigenvalue weighted by molar-refractivity contribution is -0.757. The molecule has 5 N–H and O–H groups in total. The summed E-state index contributed by atoms with van der Waals surface area (Å²) in [6.45, 7) is 4.03. The Bertz CT molecular complexity index is 2630. The molecule has 25 nitrogen and oxygen atoms in total. The van der Waals surface area contributed by atoms with Crippen LogP contribution in [0.25, 0.3) is 0 Å². The summed E-state index contributed by atoms with van der Waals surface area (Å²) in [6.07, 6.45) is 23.3. The van der Waals surface area contributed by atoms with E-state index in [1.165, 1.54) is 9.80 Å². The van der Waals surface area contributed by atoms with Crippen LogP contribution in [0.1, 0.15) is 179 Å². The van der Waals surface area contributed by atoms with Crippen molar-refractivity contribution in [3.05, 3.63) is 151 Å². The summed E-state index contributed by atoms with van der Waals surface area (Å²) in [5.41, 5.74) is 2.25. The number of unbranched alkanes of at least 4 members (excludes halogenated alkanes) is 8. The van der Waals surface area contributed by atoms with Crippen molar-refractivity contribution in [1.29, 1.82) is 0 Å². The molecule has 2 aliphatic rings. The zero-order valence-corrected chi connectivity index (χ0v) is 54.2. The number of allylic oxidation sites excluding steroid dienone is 4. The van der Waals surface area contributed by atoms with Crippen LogP contribution in [0.15, 0.2) is 109 Å². The number of imide groups is 2. The molecule has 2 aromatic rings. The molecule has 0 unspecified atom stereocenters. The zero-order valence-electron chi connectivity index (χ0n) is 54.2. The minimum Gasteiger partial charge on any atom is -0.458 e. The van der Waals surface area contributed by atoms with Crippen LogP contribution in [0.4, 0.5) is 0 Å². The highest BCUT2D eigenvalue weighted by molar-refractivity contribution is 5.95. The predicted octanol–water partition coefficient (Wildman–Crippen LogP) is 9.63. The molecule has 0 radical (unpaired) electrons. The van der Waals surface area contributed by atoms with Gasteiger partial charge < -0.3 is 44.8 Å². The number of esters is 1. The van der Waals surface area contributed by atoms with Gasteiger partial charge in [-0.3, -0.25) is 33.8 Å². The number of aliphatic hydroxyl groups excluding tert-OH is 5. The first kappa shape index (κ1) is 79.8. The van der Waals surface area contributed by atoms with E-state index >= 15 is 0 Å². The molecule has 0 bridgehead atoms. The van der Waals surface area contributed by atoms with Crippen LogP contribution in [0.2, 0.25) is 0 Å². The number of benzene rings is 2. The molecule has 4 rings (SSSR count). The van der Waals surface area contributed by atoms with E-state index < -0.39 is 51.9 Å². The van der Waals surface area contributed by atoms with Gasteiger partial charge in [-0.15, -0.1) is 30.3 Å². The van der Waals surface area contributed by atoms with Crippen molar-refractivity contribution in [2.75, 3.05) is 32.9 Å². The Kier molecular flexibility index (Phi) is 40.7. The molecule has 0 saturated heterocycles. The van der Waals surface area contributed by atoms with Gasteiger partial charge in [0, 0.05) is 69.9 Å². The van der Waals surface area contributed by atoms with Crippen LogP contribution in [-0.2, 0) is 56.1 Å². The molecule has 2 aromatic carbocycles. The van der Waals surface area contributed by atoms with Crippen molar-refractivity contribution in [2.24, 2.45) is 23.7 Å². The SMILES string of the molecule is CCN(C(=O)CCC/C=C\C[C@@H]1[C@@H](/C=C/[C@@H](O)CCc2ccccc2)[C@H](O)C[C@@H]1O)C(=O)CCCCCO[N+](=O)[O-].CCN(C(=O)CCC/C=C\C[C@@H]1[C@@H](/C=C/[C@H](CCc2ccccc2)OC(=O)CCCCCO[N+](=O)[O-])[C@H](O)C[C@@H]1O)C(=O)CCCCCO[N+](=O)[O-]. The molecule has 10 atom stereocenters. The Hall–Kier alpha value is -7.45. The monoisotopic (exact) mass is 1310 g/mol. The third-order valence-electron chi connectivity index (χ3n) is 16.5. The topological polar surface area (TPSA) is 359 Å². The van der Waals surface area contributed by atoms with Gasteiger partial charge in [-0.05, 0) is 146 Å². The molecule has 2 saturated carbocycles. The molecule has 0 aliphatic heterocycles. The van der Waals surface area contributed by atoms with Gasteiger partial charge in [0.25, 0.3) is 15.3 Å². The van der Waals surface area contributed by atoms with Gasteiger partial charge >= 0.3 is 5.97 Å². The minimum atomic E-state index is -0.848. The summed E-state index contributed by atoms with van der Waals surface area (Å²) >= 11 is 0. The highest BCUT2D eigenvalue weighted by Gasteiger charge is 2.40. The molecule has 2 fully saturated rings. The number of aryl methyl sites for hydroxylation is 2. The van der Waals surface area contributed by atoms with Crippen molar-refractivity contribution in [3.8, 4) is 0 Å². The number of rotatable bonds is 46. The number of carbonyl (C=O) groups is 5. The summed E-state index contributed by atoms with van der Waals surface area (Å²) in [5.74, 6) is -2.35. The van der Waals surface area contributed by atoms with Crippen LogP contribution in [0.5, 0.6) is 0 Å². The number of carbonyl (C=O) groups excluding carboxylic acids is 5. The van der Waals surface area contributed by atoms with E-state index in [1.54, 1.807) is 26.0 Å². The number of hydrogen-bond acceptors (Lipinski definition) is 20. The fourth-order valence-electron chi connectivity index (χ4n) is 11.4. The van der Waals surface area contributed by atoms with Gasteiger partial charge in [-0.2, -0.15) is 0 Å². The largest absolute Gasteiger partial charge is 0.458 e. The summed E-state index contributed by atoms with van der Waals surface area (Å²) in [6, 6.07) is 19.8. The van der Waals surface area contributed by atoms with E-state index in [0.29, 0.717) is 129 Å². The molecule has 0 spiro atoms.